The van der Waals surface area contributed by atoms with Crippen molar-refractivity contribution in [2.75, 3.05) is 6.54 Å². The van der Waals surface area contributed by atoms with E-state index in [2.05, 4.69) is 12.1 Å². The van der Waals surface area contributed by atoms with Gasteiger partial charge in [-0.2, -0.15) is 0 Å². The highest BCUT2D eigenvalue weighted by Gasteiger charge is 2.31. The highest BCUT2D eigenvalue weighted by molar-refractivity contribution is 8.26. The van der Waals surface area contributed by atoms with Crippen LogP contribution in [-0.2, 0) is 9.59 Å². The molecule has 0 radical (unpaired) electrons. The van der Waals surface area contributed by atoms with E-state index < -0.39 is 5.97 Å². The number of carbonyl (C=O) groups excluding carboxylic acids is 2. The average molecular weight is 403 g/mol. The zero-order chi connectivity index (χ0) is 18.5. The van der Waals surface area contributed by atoms with Gasteiger partial charge in [-0.05, 0) is 43.0 Å². The minimum Gasteiger partial charge on any atom is -0.550 e. The second-order valence-electron chi connectivity index (χ2n) is 5.73. The smallest absolute Gasteiger partial charge is 0.266 e. The number of thioether (sulfide) groups is 1. The van der Waals surface area contributed by atoms with Crippen molar-refractivity contribution in [3.05, 3.63) is 52.2 Å². The van der Waals surface area contributed by atoms with Gasteiger partial charge in [-0.15, -0.1) is 11.3 Å². The molecule has 1 aliphatic rings. The molecule has 3 rings (SSSR count). The highest BCUT2D eigenvalue weighted by Crippen LogP contribution is 2.35. The van der Waals surface area contributed by atoms with Crippen molar-refractivity contribution in [2.24, 2.45) is 0 Å². The second-order valence-corrected chi connectivity index (χ2v) is 8.52. The molecule has 1 amide bonds. The van der Waals surface area contributed by atoms with E-state index in [1.807, 2.05) is 36.4 Å². The number of carboxylic acids is 1. The molecule has 0 N–H and O–H groups in total. The van der Waals surface area contributed by atoms with Crippen molar-refractivity contribution >= 4 is 57.6 Å². The van der Waals surface area contributed by atoms with Crippen LogP contribution in [0, 0.1) is 0 Å². The van der Waals surface area contributed by atoms with E-state index in [1.165, 1.54) is 11.8 Å². The maximum absolute atomic E-state index is 12.6. The molecule has 0 aliphatic carbocycles. The summed E-state index contributed by atoms with van der Waals surface area (Å²) in [6.45, 7) is 0.439. The Hall–Kier alpha value is -1.96. The molecular weight excluding hydrogens is 386 g/mol. The number of amides is 1. The van der Waals surface area contributed by atoms with Crippen molar-refractivity contribution in [2.45, 2.75) is 19.3 Å². The molecule has 1 aliphatic heterocycles. The summed E-state index contributed by atoms with van der Waals surface area (Å²) in [4.78, 5) is 27.3. The van der Waals surface area contributed by atoms with Gasteiger partial charge >= 0.3 is 0 Å². The maximum Gasteiger partial charge on any atom is 0.266 e. The van der Waals surface area contributed by atoms with Gasteiger partial charge in [-0.3, -0.25) is 9.69 Å². The van der Waals surface area contributed by atoms with Crippen LogP contribution in [-0.4, -0.2) is 27.6 Å². The quantitative estimate of drug-likeness (QED) is 0.403. The molecule has 4 nitrogen and oxygen atoms in total. The lowest BCUT2D eigenvalue weighted by Crippen LogP contribution is -2.29. The molecule has 134 valence electrons. The van der Waals surface area contributed by atoms with E-state index in [4.69, 9.17) is 12.2 Å². The van der Waals surface area contributed by atoms with Gasteiger partial charge in [0.15, 0.2) is 0 Å². The zero-order valence-corrected chi connectivity index (χ0v) is 16.3. The predicted octanol–water partition coefficient (Wildman–Crippen LogP) is 3.54. The fourth-order valence-electron chi connectivity index (χ4n) is 2.55. The Kier molecular flexibility index (Phi) is 6.24. The van der Waals surface area contributed by atoms with Crippen LogP contribution in [0.15, 0.2) is 47.4 Å². The van der Waals surface area contributed by atoms with E-state index in [0.717, 1.165) is 15.3 Å². The lowest BCUT2D eigenvalue weighted by Gasteiger charge is -2.14. The van der Waals surface area contributed by atoms with Crippen molar-refractivity contribution in [3.63, 3.8) is 0 Å². The van der Waals surface area contributed by atoms with E-state index >= 15 is 0 Å². The van der Waals surface area contributed by atoms with Crippen LogP contribution in [0.2, 0.25) is 0 Å². The number of hydrogen-bond donors (Lipinski definition) is 0. The number of rotatable bonds is 7. The van der Waals surface area contributed by atoms with Gasteiger partial charge in [-0.1, -0.05) is 54.3 Å². The molecule has 1 saturated heterocycles. The molecule has 0 unspecified atom stereocenters. The third kappa shape index (κ3) is 4.60. The molecule has 0 spiro atoms. The lowest BCUT2D eigenvalue weighted by molar-refractivity contribution is -0.305. The summed E-state index contributed by atoms with van der Waals surface area (Å²) in [6, 6.07) is 14.1. The molecule has 1 aromatic heterocycles. The Balaban J connectivity index is 1.66. The van der Waals surface area contributed by atoms with Gasteiger partial charge in [-0.25, -0.2) is 0 Å². The second kappa shape index (κ2) is 8.62. The van der Waals surface area contributed by atoms with Crippen LogP contribution in [0.1, 0.15) is 24.1 Å². The number of carbonyl (C=O) groups is 2. The van der Waals surface area contributed by atoms with Crippen molar-refractivity contribution in [1.29, 1.82) is 0 Å². The Bertz CT molecular complexity index is 858. The van der Waals surface area contributed by atoms with Gasteiger partial charge in [0, 0.05) is 22.3 Å². The van der Waals surface area contributed by atoms with Gasteiger partial charge in [0.05, 0.1) is 4.91 Å². The van der Waals surface area contributed by atoms with Crippen LogP contribution < -0.4 is 5.11 Å². The summed E-state index contributed by atoms with van der Waals surface area (Å²) in [5, 5.41) is 10.5. The first-order valence-corrected chi connectivity index (χ1v) is 10.2. The van der Waals surface area contributed by atoms with E-state index in [-0.39, 0.29) is 12.3 Å². The highest BCUT2D eigenvalue weighted by atomic mass is 32.2. The minimum absolute atomic E-state index is 0.00207. The lowest BCUT2D eigenvalue weighted by atomic mass is 10.2. The SMILES string of the molecule is O=C([O-])CCCCN1C(=O)/C(=C\c2ccc(-c3ccccc3)s2)SC1=S. The Morgan fingerprint density at radius 1 is 1.15 bits per heavy atom. The van der Waals surface area contributed by atoms with Crippen molar-refractivity contribution in [3.8, 4) is 10.4 Å². The van der Waals surface area contributed by atoms with Crippen LogP contribution >= 0.6 is 35.3 Å². The fourth-order valence-corrected chi connectivity index (χ4v) is 4.88. The summed E-state index contributed by atoms with van der Waals surface area (Å²) in [5.74, 6) is -1.18. The average Bonchev–Trinajstić information content (AvgIpc) is 3.19. The molecule has 2 heterocycles. The Morgan fingerprint density at radius 2 is 1.92 bits per heavy atom. The number of hydrogen-bond acceptors (Lipinski definition) is 6. The van der Waals surface area contributed by atoms with Crippen molar-refractivity contribution in [1.82, 2.24) is 4.90 Å². The summed E-state index contributed by atoms with van der Waals surface area (Å²) in [6.07, 6.45) is 2.94. The number of aliphatic carboxylic acids is 1. The topological polar surface area (TPSA) is 60.4 Å². The number of unbranched alkanes of at least 4 members (excludes halogenated alkanes) is 1. The van der Waals surface area contributed by atoms with Gasteiger partial charge in [0.2, 0.25) is 0 Å². The summed E-state index contributed by atoms with van der Waals surface area (Å²) < 4.78 is 0.523. The van der Waals surface area contributed by atoms with E-state index in [0.29, 0.717) is 28.6 Å². The molecular formula is C19H16NO3S3-. The number of carboxylic acid groups (broad SMARTS) is 1. The van der Waals surface area contributed by atoms with Gasteiger partial charge in [0.1, 0.15) is 4.32 Å². The predicted molar refractivity (Wildman–Crippen MR) is 108 cm³/mol. The third-order valence-electron chi connectivity index (χ3n) is 3.84. The summed E-state index contributed by atoms with van der Waals surface area (Å²) in [5.41, 5.74) is 1.15. The molecule has 0 saturated carbocycles. The number of thiocarbonyl (C=S) groups is 1. The molecule has 2 aromatic rings. The van der Waals surface area contributed by atoms with Crippen LogP contribution in [0.25, 0.3) is 16.5 Å². The normalized spacial score (nSPS) is 15.8. The number of benzene rings is 1. The first kappa shape index (κ1) is 18.8. The van der Waals surface area contributed by atoms with E-state index in [9.17, 15) is 14.7 Å². The molecule has 1 fully saturated rings. The molecule has 0 bridgehead atoms. The molecule has 1 aromatic carbocycles. The van der Waals surface area contributed by atoms with Crippen LogP contribution in [0.4, 0.5) is 0 Å². The van der Waals surface area contributed by atoms with Crippen molar-refractivity contribution < 1.29 is 14.7 Å². The molecule has 0 atom stereocenters. The number of thiophene rings is 1. The standard InChI is InChI=1S/C19H17NO3S3/c21-17(22)8-4-5-11-20-18(23)16(26-19(20)24)12-14-9-10-15(25-14)13-6-2-1-3-7-13/h1-3,6-7,9-10,12H,4-5,8,11H2,(H,21,22)/p-1/b16-12+. The zero-order valence-electron chi connectivity index (χ0n) is 13.8. The van der Waals surface area contributed by atoms with Gasteiger partial charge < -0.3 is 9.90 Å². The largest absolute Gasteiger partial charge is 0.550 e. The Labute approximate surface area is 165 Å². The first-order chi connectivity index (χ1) is 12.5. The first-order valence-electron chi connectivity index (χ1n) is 8.15. The molecule has 26 heavy (non-hydrogen) atoms. The van der Waals surface area contributed by atoms with Gasteiger partial charge in [0.25, 0.3) is 5.91 Å². The maximum atomic E-state index is 12.6. The Morgan fingerprint density at radius 3 is 2.65 bits per heavy atom. The fraction of sp³-hybridized carbons (Fsp3) is 0.211. The monoisotopic (exact) mass is 402 g/mol. The minimum atomic E-state index is -1.07. The van der Waals surface area contributed by atoms with Crippen LogP contribution in [0.3, 0.4) is 0 Å². The summed E-state index contributed by atoms with van der Waals surface area (Å²) in [7, 11) is 0. The van der Waals surface area contributed by atoms with Crippen LogP contribution in [0.5, 0.6) is 0 Å². The number of nitrogens with zero attached hydrogens (tertiary/aromatic N) is 1. The molecule has 7 heteroatoms. The summed E-state index contributed by atoms with van der Waals surface area (Å²) >= 11 is 8.21. The third-order valence-corrected chi connectivity index (χ3v) is 6.30. The van der Waals surface area contributed by atoms with E-state index in [1.54, 1.807) is 16.2 Å².